The number of benzene rings is 2. The van der Waals surface area contributed by atoms with Gasteiger partial charge in [-0.15, -0.1) is 11.3 Å². The second kappa shape index (κ2) is 10.2. The molecule has 1 fully saturated rings. The number of ether oxygens (including phenoxy) is 2. The van der Waals surface area contributed by atoms with Gasteiger partial charge in [-0.3, -0.25) is 4.79 Å². The van der Waals surface area contributed by atoms with E-state index in [2.05, 4.69) is 15.2 Å². The maximum absolute atomic E-state index is 12.3. The third kappa shape index (κ3) is 6.16. The van der Waals surface area contributed by atoms with Gasteiger partial charge in [0.1, 0.15) is 12.4 Å². The lowest BCUT2D eigenvalue weighted by Crippen LogP contribution is -2.36. The lowest BCUT2D eigenvalue weighted by Gasteiger charge is -2.28. The van der Waals surface area contributed by atoms with Crippen LogP contribution in [0.5, 0.6) is 5.75 Å². The number of carbonyl (C=O) groups excluding carboxylic acids is 1. The van der Waals surface area contributed by atoms with Crippen molar-refractivity contribution in [3.8, 4) is 5.75 Å². The van der Waals surface area contributed by atoms with Gasteiger partial charge in [0.05, 0.1) is 23.9 Å². The number of rotatable bonds is 7. The molecule has 1 aliphatic rings. The van der Waals surface area contributed by atoms with Crippen molar-refractivity contribution >= 4 is 34.7 Å². The number of hydrogen-bond donors (Lipinski definition) is 1. The Morgan fingerprint density at radius 1 is 1.23 bits per heavy atom. The van der Waals surface area contributed by atoms with Crippen LogP contribution in [0.3, 0.4) is 0 Å². The van der Waals surface area contributed by atoms with Gasteiger partial charge in [0, 0.05) is 35.9 Å². The highest BCUT2D eigenvalue weighted by atomic mass is 32.1. The molecule has 160 valence electrons. The van der Waals surface area contributed by atoms with Gasteiger partial charge < -0.3 is 19.7 Å². The van der Waals surface area contributed by atoms with Crippen LogP contribution in [0.25, 0.3) is 6.08 Å². The molecule has 3 aromatic rings. The maximum Gasteiger partial charge on any atom is 0.248 e. The lowest BCUT2D eigenvalue weighted by molar-refractivity contribution is -0.111. The van der Waals surface area contributed by atoms with Crippen molar-refractivity contribution in [3.05, 3.63) is 76.3 Å². The zero-order chi connectivity index (χ0) is 21.5. The summed E-state index contributed by atoms with van der Waals surface area (Å²) in [5, 5.41) is 5.92. The molecule has 7 heteroatoms. The van der Waals surface area contributed by atoms with Gasteiger partial charge in [0.25, 0.3) is 0 Å². The molecule has 0 unspecified atom stereocenters. The van der Waals surface area contributed by atoms with Crippen LogP contribution < -0.4 is 15.0 Å². The standard InChI is InChI=1S/C24H25N3O3S/c1-18-25-21(17-31-18)16-30-23-4-2-3-19(15-23)5-10-24(28)26-20-6-8-22(9-7-20)27-11-13-29-14-12-27/h2-10,15,17H,11-14,16H2,1H3,(H,26,28)/b10-5+. The molecule has 1 N–H and O–H groups in total. The van der Waals surface area contributed by atoms with Crippen LogP contribution in [0.1, 0.15) is 16.3 Å². The van der Waals surface area contributed by atoms with Crippen LogP contribution in [0, 0.1) is 6.92 Å². The number of anilines is 2. The zero-order valence-electron chi connectivity index (χ0n) is 17.4. The second-order valence-corrected chi connectivity index (χ2v) is 8.25. The summed E-state index contributed by atoms with van der Waals surface area (Å²) in [5.74, 6) is 0.565. The first-order chi connectivity index (χ1) is 15.2. The first-order valence-electron chi connectivity index (χ1n) is 10.2. The molecule has 0 radical (unpaired) electrons. The summed E-state index contributed by atoms with van der Waals surface area (Å²) in [6.07, 6.45) is 3.30. The van der Waals surface area contributed by atoms with E-state index in [0.717, 1.165) is 59.7 Å². The molecule has 1 amide bonds. The van der Waals surface area contributed by atoms with Crippen molar-refractivity contribution in [1.82, 2.24) is 4.98 Å². The fourth-order valence-corrected chi connectivity index (χ4v) is 3.87. The van der Waals surface area contributed by atoms with Crippen LogP contribution >= 0.6 is 11.3 Å². The lowest BCUT2D eigenvalue weighted by atomic mass is 10.2. The average Bonchev–Trinajstić information content (AvgIpc) is 3.23. The van der Waals surface area contributed by atoms with Gasteiger partial charge >= 0.3 is 0 Å². The Morgan fingerprint density at radius 2 is 2.03 bits per heavy atom. The second-order valence-electron chi connectivity index (χ2n) is 7.19. The molecule has 1 aliphatic heterocycles. The van der Waals surface area contributed by atoms with Crippen LogP contribution in [0.4, 0.5) is 11.4 Å². The Morgan fingerprint density at radius 3 is 2.77 bits per heavy atom. The van der Waals surface area contributed by atoms with Crippen LogP contribution in [0.2, 0.25) is 0 Å². The van der Waals surface area contributed by atoms with Crippen molar-refractivity contribution in [2.24, 2.45) is 0 Å². The Hall–Kier alpha value is -3.16. The predicted molar refractivity (Wildman–Crippen MR) is 125 cm³/mol. The normalized spacial score (nSPS) is 14.0. The number of carbonyl (C=O) groups is 1. The van der Waals surface area contributed by atoms with Gasteiger partial charge in [-0.05, 0) is 55.0 Å². The largest absolute Gasteiger partial charge is 0.487 e. The van der Waals surface area contributed by atoms with E-state index in [0.29, 0.717) is 6.61 Å². The minimum atomic E-state index is -0.177. The average molecular weight is 436 g/mol. The minimum Gasteiger partial charge on any atom is -0.487 e. The van der Waals surface area contributed by atoms with Gasteiger partial charge in [-0.1, -0.05) is 12.1 Å². The number of amides is 1. The Labute approximate surface area is 186 Å². The molecule has 6 nitrogen and oxygen atoms in total. The first-order valence-corrected chi connectivity index (χ1v) is 11.1. The highest BCUT2D eigenvalue weighted by molar-refractivity contribution is 7.09. The van der Waals surface area contributed by atoms with Crippen LogP contribution in [-0.4, -0.2) is 37.2 Å². The van der Waals surface area contributed by atoms with Gasteiger partial charge in [0.15, 0.2) is 0 Å². The molecular formula is C24H25N3O3S. The fourth-order valence-electron chi connectivity index (χ4n) is 3.27. The summed E-state index contributed by atoms with van der Waals surface area (Å²) in [6, 6.07) is 15.5. The Bertz CT molecular complexity index is 1040. The summed E-state index contributed by atoms with van der Waals surface area (Å²) in [4.78, 5) is 19.0. The van der Waals surface area contributed by atoms with E-state index < -0.39 is 0 Å². The molecule has 2 heterocycles. The summed E-state index contributed by atoms with van der Waals surface area (Å²) in [6.45, 7) is 5.68. The smallest absolute Gasteiger partial charge is 0.248 e. The van der Waals surface area contributed by atoms with E-state index in [1.807, 2.05) is 60.8 Å². The predicted octanol–water partition coefficient (Wildman–Crippen LogP) is 4.52. The Balaban J connectivity index is 1.30. The monoisotopic (exact) mass is 435 g/mol. The van der Waals surface area contributed by atoms with Crippen molar-refractivity contribution in [3.63, 3.8) is 0 Å². The van der Waals surface area contributed by atoms with E-state index in [1.165, 1.54) is 6.08 Å². The molecule has 31 heavy (non-hydrogen) atoms. The van der Waals surface area contributed by atoms with E-state index in [-0.39, 0.29) is 5.91 Å². The number of hydrogen-bond acceptors (Lipinski definition) is 6. The first kappa shape index (κ1) is 21.1. The number of nitrogens with zero attached hydrogens (tertiary/aromatic N) is 2. The van der Waals surface area contributed by atoms with Crippen molar-refractivity contribution in [1.29, 1.82) is 0 Å². The van der Waals surface area contributed by atoms with Crippen LogP contribution in [-0.2, 0) is 16.1 Å². The quantitative estimate of drug-likeness (QED) is 0.553. The highest BCUT2D eigenvalue weighted by Crippen LogP contribution is 2.20. The van der Waals surface area contributed by atoms with Gasteiger partial charge in [-0.2, -0.15) is 0 Å². The zero-order valence-corrected chi connectivity index (χ0v) is 18.2. The molecule has 1 saturated heterocycles. The third-order valence-corrected chi connectivity index (χ3v) is 5.67. The van der Waals surface area contributed by atoms with E-state index in [1.54, 1.807) is 17.4 Å². The van der Waals surface area contributed by atoms with Crippen molar-refractivity contribution < 1.29 is 14.3 Å². The fraction of sp³-hybridized carbons (Fsp3) is 0.250. The van der Waals surface area contributed by atoms with Gasteiger partial charge in [-0.25, -0.2) is 4.98 Å². The molecule has 0 atom stereocenters. The SMILES string of the molecule is Cc1nc(COc2cccc(/C=C/C(=O)Nc3ccc(N4CCOCC4)cc3)c2)cs1. The minimum absolute atomic E-state index is 0.177. The number of aryl methyl sites for hydroxylation is 1. The number of morpholine rings is 1. The molecule has 2 aromatic carbocycles. The Kier molecular flexibility index (Phi) is 6.96. The summed E-state index contributed by atoms with van der Waals surface area (Å²) >= 11 is 1.61. The van der Waals surface area contributed by atoms with E-state index >= 15 is 0 Å². The number of aromatic nitrogens is 1. The van der Waals surface area contributed by atoms with Crippen molar-refractivity contribution in [2.75, 3.05) is 36.5 Å². The number of nitrogens with one attached hydrogen (secondary N) is 1. The van der Waals surface area contributed by atoms with Crippen molar-refractivity contribution in [2.45, 2.75) is 13.5 Å². The summed E-state index contributed by atoms with van der Waals surface area (Å²) in [7, 11) is 0. The molecule has 4 rings (SSSR count). The molecule has 0 aliphatic carbocycles. The van der Waals surface area contributed by atoms with E-state index in [4.69, 9.17) is 9.47 Å². The third-order valence-electron chi connectivity index (χ3n) is 4.85. The molecular weight excluding hydrogens is 410 g/mol. The van der Waals surface area contributed by atoms with Gasteiger partial charge in [0.2, 0.25) is 5.91 Å². The maximum atomic E-state index is 12.3. The van der Waals surface area contributed by atoms with Crippen LogP contribution in [0.15, 0.2) is 60.0 Å². The number of thiazole rings is 1. The summed E-state index contributed by atoms with van der Waals surface area (Å²) in [5.41, 5.74) is 3.72. The van der Waals surface area contributed by atoms with E-state index in [9.17, 15) is 4.79 Å². The molecule has 0 saturated carbocycles. The molecule has 0 bridgehead atoms. The highest BCUT2D eigenvalue weighted by Gasteiger charge is 2.11. The molecule has 1 aromatic heterocycles. The summed E-state index contributed by atoms with van der Waals surface area (Å²) < 4.78 is 11.2. The topological polar surface area (TPSA) is 63.7 Å². The molecule has 0 spiro atoms.